The summed E-state index contributed by atoms with van der Waals surface area (Å²) in [5.41, 5.74) is 4.59. The van der Waals surface area contributed by atoms with E-state index in [1.165, 1.54) is 29.5 Å². The molecule has 0 radical (unpaired) electrons. The molecule has 140 valence electrons. The minimum Gasteiger partial charge on any atom is -0.205 e. The van der Waals surface area contributed by atoms with E-state index in [9.17, 15) is 8.78 Å². The summed E-state index contributed by atoms with van der Waals surface area (Å²) in [6, 6.07) is 8.19. The average Bonchev–Trinajstić information content (AvgIpc) is 3.35. The van der Waals surface area contributed by atoms with Crippen molar-refractivity contribution < 1.29 is 8.78 Å². The zero-order chi connectivity index (χ0) is 19.7. The Morgan fingerprint density at radius 1 is 1.11 bits per heavy atom. The summed E-state index contributed by atoms with van der Waals surface area (Å²) in [6.45, 7) is 2.32. The fourth-order valence-electron chi connectivity index (χ4n) is 3.74. The molecule has 0 saturated heterocycles. The standard InChI is InChI=1S/C24H19F2NS/c1-15-8-20(15)11-17-3-6-18-9-16(2-5-19(18)10-17)4-7-22-23(25)12-21(27-14-28)13-24(22)26/h2,5,9-10,12-13,15,20H,3,6,8,11H2,1H3. The smallest absolute Gasteiger partial charge is 0.143 e. The quantitative estimate of drug-likeness (QED) is 0.332. The molecular formula is C24H19F2NS. The second-order valence-corrected chi connectivity index (χ2v) is 7.81. The number of isothiocyanates is 1. The highest BCUT2D eigenvalue weighted by molar-refractivity contribution is 7.78. The van der Waals surface area contributed by atoms with Crippen LogP contribution in [-0.4, -0.2) is 5.16 Å². The van der Waals surface area contributed by atoms with Gasteiger partial charge in [0.2, 0.25) is 0 Å². The van der Waals surface area contributed by atoms with Gasteiger partial charge in [-0.3, -0.25) is 0 Å². The van der Waals surface area contributed by atoms with Crippen molar-refractivity contribution in [2.24, 2.45) is 16.8 Å². The lowest BCUT2D eigenvalue weighted by Crippen LogP contribution is -2.01. The van der Waals surface area contributed by atoms with Crippen LogP contribution < -0.4 is 0 Å². The number of allylic oxidation sites excluding steroid dienone is 1. The number of hydrogen-bond donors (Lipinski definition) is 0. The van der Waals surface area contributed by atoms with Crippen molar-refractivity contribution in [3.05, 3.63) is 69.8 Å². The maximum atomic E-state index is 14.1. The molecule has 1 fully saturated rings. The van der Waals surface area contributed by atoms with E-state index in [-0.39, 0.29) is 11.3 Å². The number of benzene rings is 2. The van der Waals surface area contributed by atoms with Crippen LogP contribution in [0, 0.1) is 35.3 Å². The van der Waals surface area contributed by atoms with Gasteiger partial charge in [-0.1, -0.05) is 36.5 Å². The average molecular weight is 391 g/mol. The molecule has 0 aromatic heterocycles. The molecule has 0 heterocycles. The van der Waals surface area contributed by atoms with Crippen molar-refractivity contribution in [1.29, 1.82) is 0 Å². The van der Waals surface area contributed by atoms with E-state index in [2.05, 4.69) is 53.3 Å². The van der Waals surface area contributed by atoms with Gasteiger partial charge >= 0.3 is 0 Å². The Hall–Kier alpha value is -2.60. The van der Waals surface area contributed by atoms with E-state index in [0.29, 0.717) is 0 Å². The van der Waals surface area contributed by atoms with Gasteiger partial charge in [0.25, 0.3) is 0 Å². The van der Waals surface area contributed by atoms with Gasteiger partial charge in [0.1, 0.15) is 11.6 Å². The number of nitrogens with zero attached hydrogens (tertiary/aromatic N) is 1. The minimum atomic E-state index is -0.753. The second-order valence-electron chi connectivity index (χ2n) is 7.63. The Morgan fingerprint density at radius 2 is 1.86 bits per heavy atom. The molecule has 0 amide bonds. The molecule has 2 aliphatic rings. The van der Waals surface area contributed by atoms with Crippen molar-refractivity contribution >= 4 is 29.1 Å². The highest BCUT2D eigenvalue weighted by atomic mass is 32.1. The lowest BCUT2D eigenvalue weighted by molar-refractivity contribution is 0.578. The first-order valence-corrected chi connectivity index (χ1v) is 9.85. The summed E-state index contributed by atoms with van der Waals surface area (Å²) in [5, 5.41) is 2.10. The van der Waals surface area contributed by atoms with Gasteiger partial charge in [0.05, 0.1) is 16.4 Å². The number of aliphatic imine (C=N–C) groups is 1. The van der Waals surface area contributed by atoms with Gasteiger partial charge in [-0.05, 0) is 73.0 Å². The molecule has 4 heteroatoms. The normalized spacial score (nSPS) is 19.6. The molecule has 0 spiro atoms. The number of thiocarbonyl (C=S) groups is 1. The van der Waals surface area contributed by atoms with E-state index in [0.717, 1.165) is 42.4 Å². The van der Waals surface area contributed by atoms with Crippen LogP contribution in [0.1, 0.15) is 48.4 Å². The molecule has 2 aliphatic carbocycles. The summed E-state index contributed by atoms with van der Waals surface area (Å²) >= 11 is 4.46. The number of halogens is 2. The lowest BCUT2D eigenvalue weighted by Gasteiger charge is -2.17. The lowest BCUT2D eigenvalue weighted by atomic mass is 9.88. The Morgan fingerprint density at radius 3 is 2.54 bits per heavy atom. The van der Waals surface area contributed by atoms with Crippen LogP contribution in [0.15, 0.2) is 40.9 Å². The molecular weight excluding hydrogens is 372 g/mol. The molecule has 4 rings (SSSR count). The molecule has 2 aromatic rings. The molecule has 0 aliphatic heterocycles. The van der Waals surface area contributed by atoms with Gasteiger partial charge < -0.3 is 0 Å². The topological polar surface area (TPSA) is 12.4 Å². The van der Waals surface area contributed by atoms with E-state index >= 15 is 0 Å². The van der Waals surface area contributed by atoms with E-state index in [1.54, 1.807) is 0 Å². The number of fused-ring (bicyclic) bond motifs is 1. The molecule has 0 bridgehead atoms. The van der Waals surface area contributed by atoms with Crippen LogP contribution in [-0.2, 0) is 6.42 Å². The molecule has 0 N–H and O–H groups in total. The van der Waals surface area contributed by atoms with Crippen LogP contribution in [0.25, 0.3) is 6.08 Å². The second kappa shape index (κ2) is 7.80. The highest BCUT2D eigenvalue weighted by Crippen LogP contribution is 2.44. The SMILES string of the molecule is CC1CC1CC1=Cc2ccc(C#Cc3c(F)cc(N=C=S)cc3F)cc2CC1. The van der Waals surface area contributed by atoms with Crippen LogP contribution >= 0.6 is 12.2 Å². The summed E-state index contributed by atoms with van der Waals surface area (Å²) in [4.78, 5) is 3.60. The molecule has 1 saturated carbocycles. The molecule has 2 unspecified atom stereocenters. The van der Waals surface area contributed by atoms with Crippen LogP contribution in [0.2, 0.25) is 0 Å². The van der Waals surface area contributed by atoms with Crippen LogP contribution in [0.5, 0.6) is 0 Å². The molecule has 2 atom stereocenters. The summed E-state index contributed by atoms with van der Waals surface area (Å²) in [5.74, 6) is 5.73. The first-order valence-electron chi connectivity index (χ1n) is 9.45. The van der Waals surface area contributed by atoms with Crippen molar-refractivity contribution in [2.75, 3.05) is 0 Å². The third kappa shape index (κ3) is 4.12. The Labute approximate surface area is 169 Å². The van der Waals surface area contributed by atoms with Crippen molar-refractivity contribution in [3.63, 3.8) is 0 Å². The van der Waals surface area contributed by atoms with Gasteiger partial charge in [-0.25, -0.2) is 8.78 Å². The predicted octanol–water partition coefficient (Wildman–Crippen LogP) is 6.47. The zero-order valence-electron chi connectivity index (χ0n) is 15.6. The van der Waals surface area contributed by atoms with E-state index < -0.39 is 11.6 Å². The van der Waals surface area contributed by atoms with Crippen LogP contribution in [0.4, 0.5) is 14.5 Å². The maximum Gasteiger partial charge on any atom is 0.143 e. The summed E-state index contributed by atoms with van der Waals surface area (Å²) in [6.07, 6.45) is 6.94. The Kier molecular flexibility index (Phi) is 5.22. The first-order chi connectivity index (χ1) is 13.5. The van der Waals surface area contributed by atoms with Crippen molar-refractivity contribution in [2.45, 2.75) is 32.6 Å². The minimum absolute atomic E-state index is 0.0903. The zero-order valence-corrected chi connectivity index (χ0v) is 16.4. The fourth-order valence-corrected chi connectivity index (χ4v) is 3.85. The molecule has 28 heavy (non-hydrogen) atoms. The summed E-state index contributed by atoms with van der Waals surface area (Å²) in [7, 11) is 0. The molecule has 1 nitrogen and oxygen atoms in total. The highest BCUT2D eigenvalue weighted by Gasteiger charge is 2.33. The number of aryl methyl sites for hydroxylation is 1. The third-order valence-electron chi connectivity index (χ3n) is 5.55. The van der Waals surface area contributed by atoms with Gasteiger partial charge in [0.15, 0.2) is 0 Å². The Balaban J connectivity index is 1.56. The van der Waals surface area contributed by atoms with Crippen molar-refractivity contribution in [3.8, 4) is 11.8 Å². The largest absolute Gasteiger partial charge is 0.205 e. The molecule has 2 aromatic carbocycles. The number of rotatable bonds is 3. The van der Waals surface area contributed by atoms with E-state index in [1.807, 2.05) is 12.1 Å². The summed E-state index contributed by atoms with van der Waals surface area (Å²) < 4.78 is 28.2. The van der Waals surface area contributed by atoms with Gasteiger partial charge in [0, 0.05) is 17.7 Å². The first kappa shape index (κ1) is 18.7. The van der Waals surface area contributed by atoms with E-state index in [4.69, 9.17) is 0 Å². The van der Waals surface area contributed by atoms with Gasteiger partial charge in [-0.15, -0.1) is 0 Å². The Bertz CT molecular complexity index is 1060. The van der Waals surface area contributed by atoms with Crippen LogP contribution in [0.3, 0.4) is 0 Å². The number of hydrogen-bond acceptors (Lipinski definition) is 2. The predicted molar refractivity (Wildman–Crippen MR) is 112 cm³/mol. The third-order valence-corrected chi connectivity index (χ3v) is 5.64. The monoisotopic (exact) mass is 391 g/mol. The van der Waals surface area contributed by atoms with Crippen molar-refractivity contribution in [1.82, 2.24) is 0 Å². The van der Waals surface area contributed by atoms with Gasteiger partial charge in [-0.2, -0.15) is 4.99 Å². The maximum absolute atomic E-state index is 14.1. The fraction of sp³-hybridized carbons (Fsp3) is 0.292.